The van der Waals surface area contributed by atoms with Gasteiger partial charge in [0, 0.05) is 62.8 Å². The molecule has 52 nitrogen and oxygen atoms in total. The Kier molecular flexibility index (Phi) is 57.8. The number of amides is 21. The number of nitrogens with one attached hydrogen (secondary N) is 19. The van der Waals surface area contributed by atoms with E-state index in [-0.39, 0.29) is 108 Å². The van der Waals surface area contributed by atoms with Gasteiger partial charge in [0.05, 0.1) is 38.3 Å². The quantitative estimate of drug-likeness (QED) is 0.0213. The van der Waals surface area contributed by atoms with Crippen LogP contribution in [0.25, 0.3) is 0 Å². The number of imidazole rings is 1. The molecule has 0 spiro atoms. The van der Waals surface area contributed by atoms with Crippen LogP contribution in [0.2, 0.25) is 0 Å². The number of carbonyl (C=O) groups excluding carboxylic acids is 21. The maximum Gasteiger partial charge on any atom is 0.327 e. The SMILES string of the molecule is CC[C@H](C)[C@H](NC(=O)[C@H](C)NC(=O)[C@H](CCCCN)NC(=O)[C@H](C)NC(=O)[C@H](C)NC(=O)[C@@H](NC(=O)[C@@H](N)CCC(=O)O)[C@@H](C)CC)C(=O)NCC(=O)N[C@@H](CCCCN)C(=O)N[C@@H](CCCCN)C(=O)N[C@H](C(=O)N[C@@H](Cc1cnc[nH]1)C(=O)N[C@@H](CCC(N)=O)C(=O)N[C@@H](CC(N)=O)C(=O)N[C@@H](CC(N)=O)C(=O)NCC(=O)NCCC(=O)NCCC(=O)N[C@@H](CS)C(=O)O)[C@@H](C)CC. The Morgan fingerprint density at radius 2 is 0.711 bits per heavy atom. The summed E-state index contributed by atoms with van der Waals surface area (Å²) in [5.74, 6) is -24.7. The topological polar surface area (TPSA) is 860 Å². The van der Waals surface area contributed by atoms with Gasteiger partial charge in [0.15, 0.2) is 0 Å². The van der Waals surface area contributed by atoms with Gasteiger partial charge in [0.25, 0.3) is 0 Å². The fourth-order valence-corrected chi connectivity index (χ4v) is 12.9. The predicted octanol–water partition coefficient (Wildman–Crippen LogP) is -10.2. The Morgan fingerprint density at radius 3 is 1.17 bits per heavy atom. The number of nitrogens with zero attached hydrogens (tertiary/aromatic N) is 1. The van der Waals surface area contributed by atoms with Gasteiger partial charge in [-0.2, -0.15) is 12.6 Å². The molecule has 0 bridgehead atoms. The molecule has 1 aromatic rings. The Morgan fingerprint density at radius 1 is 0.356 bits per heavy atom. The fraction of sp³-hybridized carbons (Fsp3) is 0.683. The highest BCUT2D eigenvalue weighted by molar-refractivity contribution is 7.80. The van der Waals surface area contributed by atoms with Gasteiger partial charge in [-0.3, -0.25) is 105 Å². The van der Waals surface area contributed by atoms with Crippen molar-refractivity contribution in [3.05, 3.63) is 18.2 Å². The van der Waals surface area contributed by atoms with Gasteiger partial charge in [0.1, 0.15) is 84.6 Å². The molecule has 1 rings (SSSR count). The number of hydrogen-bond donors (Lipinski definition) is 29. The van der Waals surface area contributed by atoms with Crippen LogP contribution >= 0.6 is 12.6 Å². The van der Waals surface area contributed by atoms with Gasteiger partial charge < -0.3 is 151 Å². The Balaban J connectivity index is 3.46. The summed E-state index contributed by atoms with van der Waals surface area (Å²) >= 11 is 3.85. The van der Waals surface area contributed by atoms with Crippen molar-refractivity contribution in [2.75, 3.05) is 51.6 Å². The van der Waals surface area contributed by atoms with E-state index in [1.165, 1.54) is 33.3 Å². The number of aromatic nitrogens is 2. The Bertz CT molecular complexity index is 4150. The molecule has 0 saturated heterocycles. The van der Waals surface area contributed by atoms with Crippen LogP contribution in [0, 0.1) is 17.8 Å². The van der Waals surface area contributed by atoms with Gasteiger partial charge in [0.2, 0.25) is 124 Å². The van der Waals surface area contributed by atoms with Crippen molar-refractivity contribution in [3.8, 4) is 0 Å². The highest BCUT2D eigenvalue weighted by Gasteiger charge is 2.40. The summed E-state index contributed by atoms with van der Waals surface area (Å²) in [4.78, 5) is 313. The molecule has 18 atom stereocenters. The number of carboxylic acids is 2. The van der Waals surface area contributed by atoms with Crippen LogP contribution in [0.15, 0.2) is 12.5 Å². The third kappa shape index (κ3) is 48.1. The van der Waals surface area contributed by atoms with Crippen LogP contribution < -0.4 is 136 Å². The minimum Gasteiger partial charge on any atom is -0.481 e. The van der Waals surface area contributed by atoms with Crippen molar-refractivity contribution >= 4 is 149 Å². The van der Waals surface area contributed by atoms with Crippen molar-refractivity contribution in [3.63, 3.8) is 0 Å². The second kappa shape index (κ2) is 65.0. The van der Waals surface area contributed by atoms with Crippen LogP contribution in [0.1, 0.15) is 196 Å². The predicted molar refractivity (Wildman–Crippen MR) is 487 cm³/mol. The summed E-state index contributed by atoms with van der Waals surface area (Å²) in [6.45, 7) is 12.4. The lowest BCUT2D eigenvalue weighted by molar-refractivity contribution is -0.141. The van der Waals surface area contributed by atoms with Crippen molar-refractivity contribution in [1.82, 2.24) is 106 Å². The maximum absolute atomic E-state index is 14.8. The number of hydrogen-bond acceptors (Lipinski definition) is 29. The average molecular weight is 1940 g/mol. The van der Waals surface area contributed by atoms with Crippen LogP contribution in [0.3, 0.4) is 0 Å². The van der Waals surface area contributed by atoms with Crippen LogP contribution in [-0.2, 0) is 117 Å². The second-order valence-corrected chi connectivity index (χ2v) is 33.0. The van der Waals surface area contributed by atoms with Gasteiger partial charge >= 0.3 is 11.9 Å². The van der Waals surface area contributed by atoms with E-state index < -0.39 is 296 Å². The first-order valence-electron chi connectivity index (χ1n) is 44.7. The summed E-state index contributed by atoms with van der Waals surface area (Å²) in [6.07, 6.45) is 0.299. The largest absolute Gasteiger partial charge is 0.481 e. The highest BCUT2D eigenvalue weighted by atomic mass is 32.1. The number of thiol groups is 1. The van der Waals surface area contributed by atoms with Crippen molar-refractivity contribution in [2.24, 2.45) is 57.9 Å². The lowest BCUT2D eigenvalue weighted by atomic mass is 9.96. The van der Waals surface area contributed by atoms with Crippen LogP contribution in [-0.4, -0.2) is 298 Å². The molecule has 0 saturated carbocycles. The number of unbranched alkanes of at least 4 members (excludes halogenated alkanes) is 3. The summed E-state index contributed by atoms with van der Waals surface area (Å²) in [6, 6.07) is -22.2. The molecule has 135 heavy (non-hydrogen) atoms. The number of H-pyrrole nitrogens is 1. The molecule has 35 N–H and O–H groups in total. The zero-order valence-electron chi connectivity index (χ0n) is 77.8. The van der Waals surface area contributed by atoms with E-state index in [0.717, 1.165) is 0 Å². The number of nitrogens with two attached hydrogens (primary N) is 7. The van der Waals surface area contributed by atoms with Gasteiger partial charge in [-0.1, -0.05) is 60.8 Å². The lowest BCUT2D eigenvalue weighted by Gasteiger charge is -2.29. The van der Waals surface area contributed by atoms with Crippen molar-refractivity contribution in [1.29, 1.82) is 0 Å². The molecule has 1 heterocycles. The number of rotatable bonds is 70. The summed E-state index contributed by atoms with van der Waals surface area (Å²) in [5.41, 5.74) is 39.8. The smallest absolute Gasteiger partial charge is 0.327 e. The lowest BCUT2D eigenvalue weighted by Crippen LogP contribution is -2.61. The molecule has 21 amide bonds. The molecule has 0 fully saturated rings. The van der Waals surface area contributed by atoms with E-state index in [0.29, 0.717) is 32.1 Å². The number of aliphatic carboxylic acids is 2. The van der Waals surface area contributed by atoms with E-state index in [9.17, 15) is 110 Å². The molecular weight excluding hydrogens is 1800 g/mol. The molecule has 0 aliphatic rings. The first kappa shape index (κ1) is 120. The first-order valence-corrected chi connectivity index (χ1v) is 45.3. The zero-order chi connectivity index (χ0) is 102. The molecule has 0 aromatic carbocycles. The number of aromatic amines is 1. The average Bonchev–Trinajstić information content (AvgIpc) is 1.66. The third-order valence-electron chi connectivity index (χ3n) is 21.4. The monoisotopic (exact) mass is 1940 g/mol. The normalized spacial score (nSPS) is 15.0. The summed E-state index contributed by atoms with van der Waals surface area (Å²) < 4.78 is 0. The molecular formula is C82H141N27O25S. The van der Waals surface area contributed by atoms with Crippen molar-refractivity contribution in [2.45, 2.75) is 288 Å². The Hall–Kier alpha value is -12.8. The van der Waals surface area contributed by atoms with Crippen LogP contribution in [0.4, 0.5) is 0 Å². The first-order chi connectivity index (χ1) is 63.6. The summed E-state index contributed by atoms with van der Waals surface area (Å²) in [7, 11) is 0. The highest BCUT2D eigenvalue weighted by Crippen LogP contribution is 2.16. The fourth-order valence-electron chi connectivity index (χ4n) is 12.6. The maximum atomic E-state index is 14.8. The van der Waals surface area contributed by atoms with E-state index in [1.54, 1.807) is 41.5 Å². The van der Waals surface area contributed by atoms with Gasteiger partial charge in [-0.15, -0.1) is 0 Å². The molecule has 0 radical (unpaired) electrons. The van der Waals surface area contributed by atoms with Crippen molar-refractivity contribution < 1.29 is 120 Å². The van der Waals surface area contributed by atoms with E-state index >= 15 is 0 Å². The minimum atomic E-state index is -2.02. The summed E-state index contributed by atoms with van der Waals surface area (Å²) in [5, 5.41) is 62.2. The minimum absolute atomic E-state index is 0.00415. The number of primary amides is 3. The molecule has 760 valence electrons. The molecule has 0 unspecified atom stereocenters. The van der Waals surface area contributed by atoms with E-state index in [2.05, 4.69) is 118 Å². The van der Waals surface area contributed by atoms with E-state index in [1.807, 2.05) is 0 Å². The molecule has 0 aliphatic heterocycles. The van der Waals surface area contributed by atoms with E-state index in [4.69, 9.17) is 50.3 Å². The standard InChI is InChI=1S/C82H141N27O25S/c1-10-41(4)65(107-70(121)46(9)97-73(124)50(20-14-17-29-84)101-69(120)45(8)96-68(119)44(7)98-80(131)66(42(5)11-2)108-71(122)48(86)22-25-64(117)118)79(130)94-38-63(116)99-49(19-13-16-28-83)74(125)102-51(21-15-18-30-85)76(127)109-67(43(6)12-3)81(132)106-53(33-47-36-90-40-95-47)77(128)103-52(23-24-57(87)110)75(126)105-55(35-59(89)112)78(129)104-54(34-58(88)111)72(123)93-37-62(115)92-31-26-60(113)91-32-27-61(114)100-56(39-135)82(133)134/h36,40-46,48-56,65-67,135H,10-35,37-39,83-86H2,1-9H3,(H2,87,110)(H2,88,111)(H2,89,112)(H,90,95)(H,91,113)(H,92,115)(H,93,123)(H,94,130)(H,96,119)(H,97,124)(H,98,131)(H,99,116)(H,100,114)(H,101,120)(H,102,125)(H,103,128)(H,104,129)(H,105,126)(H,106,132)(H,107,121)(H,108,122)(H,109,127)(H,117,118)(H,133,134)/t41-,42-,43-,44-,45-,46-,48-,49-,50-,51-,52-,53-,54-,55-,56-,65-,66-,67-/m0/s1. The molecule has 1 aromatic heterocycles. The van der Waals surface area contributed by atoms with Gasteiger partial charge in [-0.25, -0.2) is 9.78 Å². The Labute approximate surface area is 786 Å². The second-order valence-electron chi connectivity index (χ2n) is 32.6. The molecule has 53 heteroatoms. The number of carboxylic acid groups (broad SMARTS) is 2. The zero-order valence-corrected chi connectivity index (χ0v) is 78.7. The third-order valence-corrected chi connectivity index (χ3v) is 21.8. The number of carbonyl (C=O) groups is 23. The van der Waals surface area contributed by atoms with Crippen LogP contribution in [0.5, 0.6) is 0 Å². The molecule has 0 aliphatic carbocycles. The van der Waals surface area contributed by atoms with Gasteiger partial charge in [-0.05, 0) is 129 Å².